The number of carbonyl (C=O) groups excluding carboxylic acids is 1. The van der Waals surface area contributed by atoms with Crippen LogP contribution in [0.4, 0.5) is 4.39 Å². The molecule has 2 heterocycles. The molecule has 1 aliphatic heterocycles. The maximum Gasteiger partial charge on any atom is 0.272 e. The van der Waals surface area contributed by atoms with E-state index < -0.39 is 0 Å². The molecule has 2 aromatic rings. The largest absolute Gasteiger partial charge is 0.347 e. The highest BCUT2D eigenvalue weighted by Gasteiger charge is 2.29. The molecule has 0 spiro atoms. The fourth-order valence-corrected chi connectivity index (χ4v) is 3.83. The summed E-state index contributed by atoms with van der Waals surface area (Å²) >= 11 is 0. The predicted molar refractivity (Wildman–Crippen MR) is 101 cm³/mol. The molecule has 1 saturated heterocycles. The van der Waals surface area contributed by atoms with Crippen molar-refractivity contribution in [3.05, 3.63) is 46.5 Å². The molecule has 0 bridgehead atoms. The lowest BCUT2D eigenvalue weighted by atomic mass is 10.1. The molecule has 1 aromatic heterocycles. The maximum absolute atomic E-state index is 14.4. The van der Waals surface area contributed by atoms with Crippen LogP contribution < -0.4 is 10.6 Å². The van der Waals surface area contributed by atoms with Gasteiger partial charge in [0.25, 0.3) is 5.91 Å². The van der Waals surface area contributed by atoms with Gasteiger partial charge in [0, 0.05) is 23.8 Å². The molecule has 1 fully saturated rings. The Morgan fingerprint density at radius 1 is 1.35 bits per heavy atom. The lowest BCUT2D eigenvalue weighted by Gasteiger charge is -2.23. The number of hydrogen-bond donors (Lipinski definition) is 2. The molecule has 2 N–H and O–H groups in total. The Kier molecular flexibility index (Phi) is 5.63. The third-order valence-corrected chi connectivity index (χ3v) is 5.11. The second kappa shape index (κ2) is 7.76. The summed E-state index contributed by atoms with van der Waals surface area (Å²) in [6.45, 7) is 3.65. The number of amides is 1. The summed E-state index contributed by atoms with van der Waals surface area (Å²) in [6.07, 6.45) is 4.68. The first-order chi connectivity index (χ1) is 12.1. The smallest absolute Gasteiger partial charge is 0.272 e. The van der Waals surface area contributed by atoms with E-state index in [-0.39, 0.29) is 30.2 Å². The topological polar surface area (TPSA) is 59.0 Å². The van der Waals surface area contributed by atoms with Crippen molar-refractivity contribution in [3.8, 4) is 5.69 Å². The zero-order valence-electron chi connectivity index (χ0n) is 14.8. The van der Waals surface area contributed by atoms with Crippen molar-refractivity contribution in [2.24, 2.45) is 0 Å². The number of piperidine rings is 1. The molecule has 1 amide bonds. The van der Waals surface area contributed by atoms with E-state index in [1.807, 2.05) is 13.0 Å². The van der Waals surface area contributed by atoms with Gasteiger partial charge in [0.05, 0.1) is 0 Å². The Morgan fingerprint density at radius 3 is 2.92 bits per heavy atom. The summed E-state index contributed by atoms with van der Waals surface area (Å²) in [7, 11) is 0. The molecular formula is C19H24ClFN4O. The van der Waals surface area contributed by atoms with Crippen molar-refractivity contribution in [1.29, 1.82) is 0 Å². The van der Waals surface area contributed by atoms with Gasteiger partial charge in [0.2, 0.25) is 0 Å². The molecule has 0 saturated carbocycles. The highest BCUT2D eigenvalue weighted by molar-refractivity contribution is 5.94. The lowest BCUT2D eigenvalue weighted by molar-refractivity contribution is 0.0924. The Labute approximate surface area is 158 Å². The Hall–Kier alpha value is -1.92. The number of aromatic nitrogens is 2. The molecule has 4 rings (SSSR count). The molecule has 1 aliphatic carbocycles. The number of halogens is 2. The minimum absolute atomic E-state index is 0. The van der Waals surface area contributed by atoms with E-state index in [1.54, 1.807) is 10.7 Å². The van der Waals surface area contributed by atoms with Gasteiger partial charge in [-0.15, -0.1) is 12.4 Å². The van der Waals surface area contributed by atoms with Crippen LogP contribution in [0.2, 0.25) is 0 Å². The number of carbonyl (C=O) groups is 1. The third-order valence-electron chi connectivity index (χ3n) is 5.11. The van der Waals surface area contributed by atoms with Crippen LogP contribution in [0.1, 0.15) is 46.6 Å². The molecule has 1 aromatic carbocycles. The number of rotatable bonds is 3. The molecular weight excluding hydrogens is 355 g/mol. The summed E-state index contributed by atoms with van der Waals surface area (Å²) in [4.78, 5) is 12.7. The van der Waals surface area contributed by atoms with Gasteiger partial charge in [-0.25, -0.2) is 9.07 Å². The van der Waals surface area contributed by atoms with E-state index in [4.69, 9.17) is 0 Å². The van der Waals surface area contributed by atoms with Crippen molar-refractivity contribution >= 4 is 18.3 Å². The zero-order valence-corrected chi connectivity index (χ0v) is 15.7. The normalized spacial score (nSPS) is 18.9. The van der Waals surface area contributed by atoms with Crippen LogP contribution in [-0.4, -0.2) is 34.8 Å². The fraction of sp³-hybridized carbons (Fsp3) is 0.474. The second-order valence-electron chi connectivity index (χ2n) is 7.01. The summed E-state index contributed by atoms with van der Waals surface area (Å²) in [6, 6.07) is 5.25. The predicted octanol–water partition coefficient (Wildman–Crippen LogP) is 2.71. The van der Waals surface area contributed by atoms with Gasteiger partial charge in [0.15, 0.2) is 5.69 Å². The van der Waals surface area contributed by atoms with E-state index in [0.717, 1.165) is 62.0 Å². The van der Waals surface area contributed by atoms with E-state index in [0.29, 0.717) is 11.4 Å². The van der Waals surface area contributed by atoms with E-state index in [9.17, 15) is 9.18 Å². The van der Waals surface area contributed by atoms with Crippen LogP contribution in [0, 0.1) is 12.7 Å². The monoisotopic (exact) mass is 378 g/mol. The lowest BCUT2D eigenvalue weighted by Crippen LogP contribution is -2.45. The van der Waals surface area contributed by atoms with E-state index >= 15 is 0 Å². The van der Waals surface area contributed by atoms with Crippen LogP contribution in [0.5, 0.6) is 0 Å². The molecule has 5 nitrogen and oxygen atoms in total. The van der Waals surface area contributed by atoms with Gasteiger partial charge in [-0.3, -0.25) is 4.79 Å². The SMILES string of the molecule is Cc1ccc(-n2nc(C(=O)NC3CCCNC3)c3c2CCC3)c(F)c1.Cl. The first kappa shape index (κ1) is 18.9. The zero-order chi connectivity index (χ0) is 17.4. The summed E-state index contributed by atoms with van der Waals surface area (Å²) in [5.41, 5.74) is 3.68. The highest BCUT2D eigenvalue weighted by atomic mass is 35.5. The minimum atomic E-state index is -0.305. The fourth-order valence-electron chi connectivity index (χ4n) is 3.83. The summed E-state index contributed by atoms with van der Waals surface area (Å²) in [5, 5.41) is 10.9. The number of fused-ring (bicyclic) bond motifs is 1. The average Bonchev–Trinajstić information content (AvgIpc) is 3.18. The van der Waals surface area contributed by atoms with Crippen molar-refractivity contribution in [3.63, 3.8) is 0 Å². The standard InChI is InChI=1S/C19H23FN4O.ClH/c1-12-7-8-17(15(20)10-12)24-16-6-2-5-14(16)18(23-24)19(25)22-13-4-3-9-21-11-13;/h7-8,10,13,21H,2-6,9,11H2,1H3,(H,22,25);1H. The molecule has 7 heteroatoms. The van der Waals surface area contributed by atoms with Gasteiger partial charge in [0.1, 0.15) is 11.5 Å². The Morgan fingerprint density at radius 2 is 2.19 bits per heavy atom. The van der Waals surface area contributed by atoms with Gasteiger partial charge in [-0.2, -0.15) is 5.10 Å². The molecule has 0 radical (unpaired) electrons. The first-order valence-electron chi connectivity index (χ1n) is 9.02. The number of benzene rings is 1. The third kappa shape index (κ3) is 3.48. The van der Waals surface area contributed by atoms with Crippen molar-refractivity contribution < 1.29 is 9.18 Å². The molecule has 1 atom stereocenters. The van der Waals surface area contributed by atoms with Crippen LogP contribution in [0.3, 0.4) is 0 Å². The van der Waals surface area contributed by atoms with Gasteiger partial charge in [-0.05, 0) is 63.3 Å². The number of aryl methyl sites for hydroxylation is 1. The highest BCUT2D eigenvalue weighted by Crippen LogP contribution is 2.29. The minimum Gasteiger partial charge on any atom is -0.347 e. The Bertz CT molecular complexity index is 814. The summed E-state index contributed by atoms with van der Waals surface area (Å²) < 4.78 is 16.0. The van der Waals surface area contributed by atoms with Crippen LogP contribution in [0.15, 0.2) is 18.2 Å². The average molecular weight is 379 g/mol. The van der Waals surface area contributed by atoms with Crippen LogP contribution in [-0.2, 0) is 12.8 Å². The molecule has 1 unspecified atom stereocenters. The first-order valence-corrected chi connectivity index (χ1v) is 9.02. The van der Waals surface area contributed by atoms with Gasteiger partial charge < -0.3 is 10.6 Å². The quantitative estimate of drug-likeness (QED) is 0.863. The summed E-state index contributed by atoms with van der Waals surface area (Å²) in [5.74, 6) is -0.446. The molecule has 2 aliphatic rings. The van der Waals surface area contributed by atoms with Crippen molar-refractivity contribution in [2.45, 2.75) is 45.1 Å². The van der Waals surface area contributed by atoms with Crippen LogP contribution in [0.25, 0.3) is 5.69 Å². The number of hydrogen-bond acceptors (Lipinski definition) is 3. The number of nitrogens with zero attached hydrogens (tertiary/aromatic N) is 2. The van der Waals surface area contributed by atoms with Crippen molar-refractivity contribution in [2.75, 3.05) is 13.1 Å². The van der Waals surface area contributed by atoms with E-state index in [1.165, 1.54) is 6.07 Å². The Balaban J connectivity index is 0.00000196. The van der Waals surface area contributed by atoms with Gasteiger partial charge in [-0.1, -0.05) is 6.07 Å². The molecule has 140 valence electrons. The van der Waals surface area contributed by atoms with Gasteiger partial charge >= 0.3 is 0 Å². The second-order valence-corrected chi connectivity index (χ2v) is 7.01. The van der Waals surface area contributed by atoms with Crippen molar-refractivity contribution in [1.82, 2.24) is 20.4 Å². The molecule has 26 heavy (non-hydrogen) atoms. The maximum atomic E-state index is 14.4. The van der Waals surface area contributed by atoms with Crippen LogP contribution >= 0.6 is 12.4 Å². The number of nitrogens with one attached hydrogen (secondary N) is 2. The van der Waals surface area contributed by atoms with E-state index in [2.05, 4.69) is 15.7 Å².